The summed E-state index contributed by atoms with van der Waals surface area (Å²) in [6.07, 6.45) is 0.881. The number of rotatable bonds is 9. The molecule has 0 saturated heterocycles. The summed E-state index contributed by atoms with van der Waals surface area (Å²) >= 11 is 0. The number of nitrogens with one attached hydrogen (secondary N) is 1. The Morgan fingerprint density at radius 1 is 1.03 bits per heavy atom. The van der Waals surface area contributed by atoms with Crippen LogP contribution in [0.4, 0.5) is 5.69 Å². The monoisotopic (exact) mass is 496 g/mol. The van der Waals surface area contributed by atoms with Gasteiger partial charge in [0.1, 0.15) is 18.5 Å². The predicted octanol–water partition coefficient (Wildman–Crippen LogP) is 3.62. The molecule has 3 aromatic carbocycles. The maximum atomic E-state index is 12.6. The molecule has 1 aliphatic rings. The molecule has 0 bridgehead atoms. The van der Waals surface area contributed by atoms with Crippen LogP contribution in [0.15, 0.2) is 72.8 Å². The van der Waals surface area contributed by atoms with Crippen LogP contribution in [0.5, 0.6) is 17.2 Å². The summed E-state index contributed by atoms with van der Waals surface area (Å²) in [4.78, 5) is 12.6. The van der Waals surface area contributed by atoms with E-state index >= 15 is 0 Å². The van der Waals surface area contributed by atoms with Crippen LogP contribution in [0.3, 0.4) is 0 Å². The van der Waals surface area contributed by atoms with Gasteiger partial charge in [0.25, 0.3) is 5.91 Å². The molecule has 35 heavy (non-hydrogen) atoms. The molecule has 8 nitrogen and oxygen atoms in total. The van der Waals surface area contributed by atoms with Crippen molar-refractivity contribution in [1.82, 2.24) is 5.32 Å². The van der Waals surface area contributed by atoms with Crippen molar-refractivity contribution in [2.45, 2.75) is 19.6 Å². The average Bonchev–Trinajstić information content (AvgIpc) is 2.86. The van der Waals surface area contributed by atoms with Gasteiger partial charge in [0.2, 0.25) is 10.0 Å². The molecule has 0 fully saturated rings. The van der Waals surface area contributed by atoms with E-state index in [0.29, 0.717) is 48.3 Å². The third-order valence-electron chi connectivity index (χ3n) is 5.44. The Balaban J connectivity index is 1.37. The molecule has 0 unspecified atom stereocenters. The number of para-hydroxylation sites is 2. The Hall–Kier alpha value is -3.72. The van der Waals surface area contributed by atoms with Crippen molar-refractivity contribution < 1.29 is 27.4 Å². The number of amides is 1. The zero-order valence-electron chi connectivity index (χ0n) is 19.6. The van der Waals surface area contributed by atoms with E-state index in [2.05, 4.69) is 5.32 Å². The molecule has 3 aromatic rings. The van der Waals surface area contributed by atoms with Gasteiger partial charge in [0.05, 0.1) is 31.6 Å². The molecule has 0 radical (unpaired) electrons. The molecule has 0 aliphatic carbocycles. The normalized spacial score (nSPS) is 14.7. The smallest absolute Gasteiger partial charge is 0.251 e. The number of anilines is 1. The summed E-state index contributed by atoms with van der Waals surface area (Å²) in [5.74, 6) is 1.78. The SMILES string of the molecule is CCOc1ccc(N(Cc2ccc(C(=O)NC[C@H]3COc4ccccc4O3)cc2)S(C)(=O)=O)cc1. The summed E-state index contributed by atoms with van der Waals surface area (Å²) < 4.78 is 43.2. The van der Waals surface area contributed by atoms with E-state index in [1.807, 2.05) is 31.2 Å². The van der Waals surface area contributed by atoms with E-state index in [1.54, 1.807) is 48.5 Å². The van der Waals surface area contributed by atoms with Crippen LogP contribution >= 0.6 is 0 Å². The fourth-order valence-corrected chi connectivity index (χ4v) is 4.56. The second-order valence-electron chi connectivity index (χ2n) is 8.10. The largest absolute Gasteiger partial charge is 0.494 e. The fraction of sp³-hybridized carbons (Fsp3) is 0.269. The zero-order chi connectivity index (χ0) is 24.8. The van der Waals surface area contributed by atoms with Gasteiger partial charge >= 0.3 is 0 Å². The summed E-state index contributed by atoms with van der Waals surface area (Å²) in [6.45, 7) is 3.21. The first-order valence-electron chi connectivity index (χ1n) is 11.3. The van der Waals surface area contributed by atoms with Gasteiger partial charge in [-0.05, 0) is 61.0 Å². The van der Waals surface area contributed by atoms with Gasteiger partial charge in [-0.3, -0.25) is 9.10 Å². The molecular formula is C26H28N2O6S. The van der Waals surface area contributed by atoms with Crippen LogP contribution in [-0.2, 0) is 16.6 Å². The van der Waals surface area contributed by atoms with Crippen LogP contribution < -0.4 is 23.8 Å². The van der Waals surface area contributed by atoms with E-state index in [1.165, 1.54) is 10.6 Å². The third-order valence-corrected chi connectivity index (χ3v) is 6.58. The molecule has 184 valence electrons. The zero-order valence-corrected chi connectivity index (χ0v) is 20.5. The second-order valence-corrected chi connectivity index (χ2v) is 10.0. The van der Waals surface area contributed by atoms with Crippen molar-refractivity contribution in [3.8, 4) is 17.2 Å². The highest BCUT2D eigenvalue weighted by molar-refractivity contribution is 7.92. The third kappa shape index (κ3) is 6.24. The van der Waals surface area contributed by atoms with Gasteiger partial charge in [-0.25, -0.2) is 8.42 Å². The Morgan fingerprint density at radius 3 is 2.37 bits per heavy atom. The van der Waals surface area contributed by atoms with E-state index in [0.717, 1.165) is 5.56 Å². The minimum Gasteiger partial charge on any atom is -0.494 e. The van der Waals surface area contributed by atoms with Crippen LogP contribution in [0.25, 0.3) is 0 Å². The van der Waals surface area contributed by atoms with Crippen LogP contribution in [0, 0.1) is 0 Å². The number of carbonyl (C=O) groups excluding carboxylic acids is 1. The Labute approximate surface area is 205 Å². The maximum absolute atomic E-state index is 12.6. The van der Waals surface area contributed by atoms with E-state index < -0.39 is 10.0 Å². The highest BCUT2D eigenvalue weighted by Crippen LogP contribution is 2.30. The minimum atomic E-state index is -3.52. The summed E-state index contributed by atoms with van der Waals surface area (Å²) in [7, 11) is -3.52. The first-order valence-corrected chi connectivity index (χ1v) is 13.1. The topological polar surface area (TPSA) is 94.2 Å². The van der Waals surface area contributed by atoms with Gasteiger partial charge in [-0.15, -0.1) is 0 Å². The van der Waals surface area contributed by atoms with Gasteiger partial charge in [0, 0.05) is 5.56 Å². The highest BCUT2D eigenvalue weighted by Gasteiger charge is 2.22. The van der Waals surface area contributed by atoms with Crippen molar-refractivity contribution in [3.05, 3.63) is 83.9 Å². The highest BCUT2D eigenvalue weighted by atomic mass is 32.2. The molecule has 1 amide bonds. The summed E-state index contributed by atoms with van der Waals surface area (Å²) in [5.41, 5.74) is 1.76. The second kappa shape index (κ2) is 10.7. The van der Waals surface area contributed by atoms with Crippen LogP contribution in [0.1, 0.15) is 22.8 Å². The molecule has 9 heteroatoms. The number of hydrogen-bond donors (Lipinski definition) is 1. The first kappa shape index (κ1) is 24.4. The molecule has 1 N–H and O–H groups in total. The fourth-order valence-electron chi connectivity index (χ4n) is 3.67. The van der Waals surface area contributed by atoms with Crippen LogP contribution in [-0.4, -0.2) is 46.4 Å². The van der Waals surface area contributed by atoms with Crippen LogP contribution in [0.2, 0.25) is 0 Å². The van der Waals surface area contributed by atoms with Crippen molar-refractivity contribution >= 4 is 21.6 Å². The number of carbonyl (C=O) groups is 1. The quantitative estimate of drug-likeness (QED) is 0.486. The molecule has 0 saturated carbocycles. The molecule has 1 aliphatic heterocycles. The number of fused-ring (bicyclic) bond motifs is 1. The van der Waals surface area contributed by atoms with Crippen molar-refractivity contribution in [1.29, 1.82) is 0 Å². The van der Waals surface area contributed by atoms with E-state index in [4.69, 9.17) is 14.2 Å². The Bertz CT molecular complexity index is 1260. The summed E-state index contributed by atoms with van der Waals surface area (Å²) in [6, 6.07) is 21.2. The summed E-state index contributed by atoms with van der Waals surface area (Å²) in [5, 5.41) is 2.86. The minimum absolute atomic E-state index is 0.140. The number of hydrogen-bond acceptors (Lipinski definition) is 6. The van der Waals surface area contributed by atoms with E-state index in [9.17, 15) is 13.2 Å². The number of benzene rings is 3. The molecule has 0 spiro atoms. The Kier molecular flexibility index (Phi) is 7.45. The van der Waals surface area contributed by atoms with Gasteiger partial charge in [-0.2, -0.15) is 0 Å². The molecule has 1 atom stereocenters. The lowest BCUT2D eigenvalue weighted by Gasteiger charge is -2.26. The van der Waals surface area contributed by atoms with Crippen molar-refractivity contribution in [2.24, 2.45) is 0 Å². The van der Waals surface area contributed by atoms with Crippen molar-refractivity contribution in [2.75, 3.05) is 30.3 Å². The number of ether oxygens (including phenoxy) is 3. The first-order chi connectivity index (χ1) is 16.8. The molecule has 0 aromatic heterocycles. The molecule has 1 heterocycles. The molecular weight excluding hydrogens is 468 g/mol. The van der Waals surface area contributed by atoms with Gasteiger partial charge in [-0.1, -0.05) is 24.3 Å². The predicted molar refractivity (Wildman–Crippen MR) is 134 cm³/mol. The Morgan fingerprint density at radius 2 is 1.71 bits per heavy atom. The van der Waals surface area contributed by atoms with Gasteiger partial charge < -0.3 is 19.5 Å². The number of nitrogens with zero attached hydrogens (tertiary/aromatic N) is 1. The average molecular weight is 497 g/mol. The van der Waals surface area contributed by atoms with E-state index in [-0.39, 0.29) is 18.6 Å². The molecule has 4 rings (SSSR count). The lowest BCUT2D eigenvalue weighted by atomic mass is 10.1. The lowest BCUT2D eigenvalue weighted by Crippen LogP contribution is -2.40. The van der Waals surface area contributed by atoms with Crippen molar-refractivity contribution in [3.63, 3.8) is 0 Å². The standard InChI is InChI=1S/C26H28N2O6S/c1-3-32-22-14-12-21(13-15-22)28(35(2,30)31)17-19-8-10-20(11-9-19)26(29)27-16-23-18-33-24-6-4-5-7-25(24)34-23/h4-15,23H,3,16-18H2,1-2H3,(H,27,29)/t23-/m0/s1. The van der Waals surface area contributed by atoms with Gasteiger partial charge in [0.15, 0.2) is 11.5 Å². The number of sulfonamides is 1. The maximum Gasteiger partial charge on any atom is 0.251 e. The lowest BCUT2D eigenvalue weighted by molar-refractivity contribution is 0.0789.